The molecule has 154 valence electrons. The molecule has 0 atom stereocenters. The number of benzene rings is 1. The van der Waals surface area contributed by atoms with Crippen LogP contribution < -0.4 is 16.0 Å². The highest BCUT2D eigenvalue weighted by molar-refractivity contribution is 6.30. The van der Waals surface area contributed by atoms with Crippen molar-refractivity contribution in [2.45, 2.75) is 25.2 Å². The Morgan fingerprint density at radius 1 is 1.31 bits per heavy atom. The van der Waals surface area contributed by atoms with Crippen molar-refractivity contribution < 1.29 is 18.7 Å². The Labute approximate surface area is 172 Å². The minimum atomic E-state index is -0.510. The molecular weight excluding hydrogens is 401 g/mol. The highest BCUT2D eigenvalue weighted by atomic mass is 35.5. The molecule has 1 aromatic heterocycles. The Balaban J connectivity index is 1.37. The monoisotopic (exact) mass is 421 g/mol. The van der Waals surface area contributed by atoms with Crippen molar-refractivity contribution in [3.05, 3.63) is 46.4 Å². The summed E-state index contributed by atoms with van der Waals surface area (Å²) in [6.07, 6.45) is 2.86. The van der Waals surface area contributed by atoms with E-state index in [1.807, 2.05) is 4.90 Å². The number of amides is 1. The number of ether oxygens (including phenoxy) is 2. The second-order valence-electron chi connectivity index (χ2n) is 6.99. The molecule has 2 aliphatic rings. The van der Waals surface area contributed by atoms with Crippen LogP contribution in [0.3, 0.4) is 0 Å². The molecule has 0 saturated carbocycles. The lowest BCUT2D eigenvalue weighted by molar-refractivity contribution is -0.169. The van der Waals surface area contributed by atoms with Crippen LogP contribution in [0.5, 0.6) is 0 Å². The third kappa shape index (κ3) is 4.26. The molecule has 1 amide bonds. The Kier molecular flexibility index (Phi) is 5.53. The molecule has 1 aromatic carbocycles. The van der Waals surface area contributed by atoms with Crippen LogP contribution in [0.2, 0.25) is 5.02 Å². The number of aromatic nitrogens is 2. The number of halogens is 2. The first kappa shape index (κ1) is 19.8. The largest absolute Gasteiger partial charge is 0.383 e. The van der Waals surface area contributed by atoms with Gasteiger partial charge < -0.3 is 25.4 Å². The number of carbonyl (C=O) groups is 1. The maximum atomic E-state index is 13.2. The number of nitrogens with one attached hydrogen (secondary N) is 1. The molecule has 3 heterocycles. The predicted octanol–water partition coefficient (Wildman–Crippen LogP) is 2.12. The molecular formula is C19H21ClFN5O3. The SMILES string of the molecule is Nc1nc(N2CCC3(CC2)OCCO3)ncc1C(=O)NCc1ccc(F)c(Cl)c1. The van der Waals surface area contributed by atoms with Crippen molar-refractivity contribution >= 4 is 29.3 Å². The number of piperidine rings is 1. The third-order valence-electron chi connectivity index (χ3n) is 5.11. The van der Waals surface area contributed by atoms with E-state index < -0.39 is 17.5 Å². The van der Waals surface area contributed by atoms with Crippen LogP contribution in [0, 0.1) is 5.82 Å². The van der Waals surface area contributed by atoms with Gasteiger partial charge in [-0.15, -0.1) is 0 Å². The fraction of sp³-hybridized carbons (Fsp3) is 0.421. The first-order valence-electron chi connectivity index (χ1n) is 9.33. The summed E-state index contributed by atoms with van der Waals surface area (Å²) in [5.74, 6) is -0.842. The molecule has 0 bridgehead atoms. The lowest BCUT2D eigenvalue weighted by Crippen LogP contribution is -2.45. The van der Waals surface area contributed by atoms with Crippen LogP contribution in [0.4, 0.5) is 16.2 Å². The predicted molar refractivity (Wildman–Crippen MR) is 105 cm³/mol. The molecule has 0 radical (unpaired) electrons. The molecule has 2 fully saturated rings. The second-order valence-corrected chi connectivity index (χ2v) is 7.40. The first-order chi connectivity index (χ1) is 14.0. The summed E-state index contributed by atoms with van der Waals surface area (Å²) in [6.45, 7) is 2.77. The van der Waals surface area contributed by atoms with Crippen LogP contribution in [0.1, 0.15) is 28.8 Å². The zero-order valence-corrected chi connectivity index (χ0v) is 16.4. The average Bonchev–Trinajstić information content (AvgIpc) is 3.17. The Hall–Kier alpha value is -2.49. The molecule has 1 spiro atoms. The van der Waals surface area contributed by atoms with Crippen LogP contribution in [0.15, 0.2) is 24.4 Å². The average molecular weight is 422 g/mol. The Morgan fingerprint density at radius 2 is 2.03 bits per heavy atom. The number of nitrogen functional groups attached to an aromatic ring is 1. The summed E-state index contributed by atoms with van der Waals surface area (Å²) < 4.78 is 24.7. The van der Waals surface area contributed by atoms with Crippen molar-refractivity contribution in [1.29, 1.82) is 0 Å². The van der Waals surface area contributed by atoms with Crippen molar-refractivity contribution in [3.63, 3.8) is 0 Å². The lowest BCUT2D eigenvalue weighted by atomic mass is 10.0. The molecule has 2 aromatic rings. The first-order valence-corrected chi connectivity index (χ1v) is 9.71. The number of nitrogens with zero attached hydrogens (tertiary/aromatic N) is 3. The van der Waals surface area contributed by atoms with E-state index >= 15 is 0 Å². The Bertz CT molecular complexity index is 913. The number of hydrogen-bond donors (Lipinski definition) is 2. The van der Waals surface area contributed by atoms with Gasteiger partial charge in [0.15, 0.2) is 5.79 Å². The second kappa shape index (κ2) is 8.10. The van der Waals surface area contributed by atoms with Gasteiger partial charge in [-0.3, -0.25) is 4.79 Å². The molecule has 2 saturated heterocycles. The van der Waals surface area contributed by atoms with E-state index in [4.69, 9.17) is 26.8 Å². The summed E-state index contributed by atoms with van der Waals surface area (Å²) in [5.41, 5.74) is 6.84. The molecule has 0 aliphatic carbocycles. The number of hydrogen-bond acceptors (Lipinski definition) is 7. The normalized spacial score (nSPS) is 18.2. The fourth-order valence-electron chi connectivity index (χ4n) is 3.47. The van der Waals surface area contributed by atoms with E-state index in [9.17, 15) is 9.18 Å². The molecule has 2 aliphatic heterocycles. The molecule has 10 heteroatoms. The van der Waals surface area contributed by atoms with Gasteiger partial charge in [-0.25, -0.2) is 9.37 Å². The van der Waals surface area contributed by atoms with Gasteiger partial charge in [-0.05, 0) is 17.7 Å². The third-order valence-corrected chi connectivity index (χ3v) is 5.40. The minimum Gasteiger partial charge on any atom is -0.383 e. The van der Waals surface area contributed by atoms with Crippen LogP contribution >= 0.6 is 11.6 Å². The van der Waals surface area contributed by atoms with E-state index in [1.54, 1.807) is 6.07 Å². The summed E-state index contributed by atoms with van der Waals surface area (Å²) >= 11 is 5.75. The summed E-state index contributed by atoms with van der Waals surface area (Å²) in [5, 5.41) is 2.71. The zero-order valence-electron chi connectivity index (χ0n) is 15.7. The van der Waals surface area contributed by atoms with Crippen molar-refractivity contribution in [1.82, 2.24) is 15.3 Å². The molecule has 8 nitrogen and oxygen atoms in total. The van der Waals surface area contributed by atoms with Gasteiger partial charge in [-0.1, -0.05) is 17.7 Å². The maximum Gasteiger partial charge on any atom is 0.256 e. The smallest absolute Gasteiger partial charge is 0.256 e. The lowest BCUT2D eigenvalue weighted by Gasteiger charge is -2.37. The summed E-state index contributed by atoms with van der Waals surface area (Å²) in [7, 11) is 0. The standard InChI is InChI=1S/C19H21ClFN5O3/c20-14-9-12(1-2-15(14)21)10-23-17(27)13-11-24-18(25-16(13)22)26-5-3-19(4-6-26)28-7-8-29-19/h1-2,9,11H,3-8,10H2,(H,23,27)(H2,22,24,25). The van der Waals surface area contributed by atoms with Gasteiger partial charge in [0.2, 0.25) is 5.95 Å². The zero-order chi connectivity index (χ0) is 20.4. The van der Waals surface area contributed by atoms with E-state index in [2.05, 4.69) is 15.3 Å². The van der Waals surface area contributed by atoms with E-state index in [0.29, 0.717) is 37.8 Å². The van der Waals surface area contributed by atoms with E-state index in [-0.39, 0.29) is 22.9 Å². The van der Waals surface area contributed by atoms with Gasteiger partial charge in [0, 0.05) is 38.7 Å². The van der Waals surface area contributed by atoms with Crippen LogP contribution in [0.25, 0.3) is 0 Å². The maximum absolute atomic E-state index is 13.2. The molecule has 3 N–H and O–H groups in total. The fourth-order valence-corrected chi connectivity index (χ4v) is 3.68. The van der Waals surface area contributed by atoms with E-state index in [1.165, 1.54) is 18.3 Å². The van der Waals surface area contributed by atoms with E-state index in [0.717, 1.165) is 12.8 Å². The van der Waals surface area contributed by atoms with Gasteiger partial charge in [0.1, 0.15) is 11.6 Å². The molecule has 0 unspecified atom stereocenters. The van der Waals surface area contributed by atoms with Gasteiger partial charge >= 0.3 is 0 Å². The summed E-state index contributed by atoms with van der Waals surface area (Å²) in [6, 6.07) is 4.26. The van der Waals surface area contributed by atoms with Crippen molar-refractivity contribution in [3.8, 4) is 0 Å². The van der Waals surface area contributed by atoms with Crippen molar-refractivity contribution in [2.24, 2.45) is 0 Å². The number of rotatable bonds is 4. The number of anilines is 2. The highest BCUT2D eigenvalue weighted by Gasteiger charge is 2.40. The van der Waals surface area contributed by atoms with Gasteiger partial charge in [0.25, 0.3) is 5.91 Å². The van der Waals surface area contributed by atoms with Crippen LogP contribution in [-0.2, 0) is 16.0 Å². The number of nitrogens with two attached hydrogens (primary N) is 1. The van der Waals surface area contributed by atoms with Crippen LogP contribution in [-0.4, -0.2) is 48.0 Å². The molecule has 29 heavy (non-hydrogen) atoms. The Morgan fingerprint density at radius 3 is 2.69 bits per heavy atom. The quantitative estimate of drug-likeness (QED) is 0.779. The number of carbonyl (C=O) groups excluding carboxylic acids is 1. The highest BCUT2D eigenvalue weighted by Crippen LogP contribution is 2.32. The summed E-state index contributed by atoms with van der Waals surface area (Å²) in [4.78, 5) is 23.0. The van der Waals surface area contributed by atoms with Gasteiger partial charge in [0.05, 0.1) is 23.8 Å². The topological polar surface area (TPSA) is 103 Å². The minimum absolute atomic E-state index is 0.000615. The van der Waals surface area contributed by atoms with Crippen molar-refractivity contribution in [2.75, 3.05) is 36.9 Å². The van der Waals surface area contributed by atoms with Gasteiger partial charge in [-0.2, -0.15) is 4.98 Å². The molecule has 4 rings (SSSR count).